The van der Waals surface area contributed by atoms with Crippen LogP contribution in [0, 0.1) is 11.8 Å². The van der Waals surface area contributed by atoms with E-state index in [1.165, 1.54) is 0 Å². The fraction of sp³-hybridized carbons (Fsp3) is 0.850. The van der Waals surface area contributed by atoms with Gasteiger partial charge in [0.25, 0.3) is 0 Å². The molecule has 8 nitrogen and oxygen atoms in total. The Balaban J connectivity index is 1.94. The number of hydrogen-bond acceptors (Lipinski definition) is 5. The lowest BCUT2D eigenvalue weighted by Crippen LogP contribution is -2.55. The molecule has 3 heterocycles. The van der Waals surface area contributed by atoms with Crippen LogP contribution in [0.15, 0.2) is 0 Å². The first kappa shape index (κ1) is 21.0. The lowest BCUT2D eigenvalue weighted by molar-refractivity contribution is -0.146. The molecular weight excluding hydrogens is 362 g/mol. The van der Waals surface area contributed by atoms with Crippen LogP contribution >= 0.6 is 0 Å². The van der Waals surface area contributed by atoms with Gasteiger partial charge in [-0.2, -0.15) is 0 Å². The highest BCUT2D eigenvalue weighted by Crippen LogP contribution is 2.63. The van der Waals surface area contributed by atoms with Crippen molar-refractivity contribution in [2.45, 2.75) is 69.6 Å². The largest absolute Gasteiger partial charge is 0.396 e. The van der Waals surface area contributed by atoms with Gasteiger partial charge in [0, 0.05) is 26.7 Å². The van der Waals surface area contributed by atoms with Crippen LogP contribution in [-0.2, 0) is 19.1 Å². The molecule has 28 heavy (non-hydrogen) atoms. The topological polar surface area (TPSA) is 108 Å². The smallest absolute Gasteiger partial charge is 0.245 e. The number of ether oxygens (including phenoxy) is 1. The maximum absolute atomic E-state index is 13.4. The van der Waals surface area contributed by atoms with Crippen LogP contribution in [0.2, 0.25) is 0 Å². The van der Waals surface area contributed by atoms with E-state index in [-0.39, 0.29) is 24.3 Å². The molecule has 3 N–H and O–H groups in total. The predicted octanol–water partition coefficient (Wildman–Crippen LogP) is 0.186. The third-order valence-corrected chi connectivity index (χ3v) is 6.69. The Morgan fingerprint density at radius 2 is 2.00 bits per heavy atom. The molecule has 2 unspecified atom stereocenters. The summed E-state index contributed by atoms with van der Waals surface area (Å²) < 4.78 is 6.42. The van der Waals surface area contributed by atoms with E-state index in [1.54, 1.807) is 11.9 Å². The molecule has 0 aliphatic carbocycles. The van der Waals surface area contributed by atoms with Gasteiger partial charge in [-0.1, -0.05) is 13.3 Å². The van der Waals surface area contributed by atoms with Gasteiger partial charge >= 0.3 is 0 Å². The average molecular weight is 396 g/mol. The number of unbranched alkanes of at least 4 members (excludes halogenated alkanes) is 2. The Labute approximate surface area is 166 Å². The van der Waals surface area contributed by atoms with Crippen molar-refractivity contribution in [1.29, 1.82) is 0 Å². The van der Waals surface area contributed by atoms with E-state index in [1.807, 2.05) is 6.92 Å². The fourth-order valence-electron chi connectivity index (χ4n) is 5.40. The van der Waals surface area contributed by atoms with Gasteiger partial charge in [-0.25, -0.2) is 0 Å². The summed E-state index contributed by atoms with van der Waals surface area (Å²) in [4.78, 5) is 40.8. The van der Waals surface area contributed by atoms with E-state index >= 15 is 0 Å². The van der Waals surface area contributed by atoms with Crippen molar-refractivity contribution in [3.8, 4) is 0 Å². The number of hydrogen-bond donors (Lipinski definition) is 3. The number of rotatable bonds is 9. The highest BCUT2D eigenvalue weighted by Gasteiger charge is 2.77. The zero-order valence-electron chi connectivity index (χ0n) is 17.1. The van der Waals surface area contributed by atoms with E-state index in [0.717, 1.165) is 12.8 Å². The molecule has 0 saturated carbocycles. The van der Waals surface area contributed by atoms with E-state index in [0.29, 0.717) is 38.8 Å². The van der Waals surface area contributed by atoms with E-state index < -0.39 is 29.1 Å². The van der Waals surface area contributed by atoms with Crippen LogP contribution in [0.25, 0.3) is 0 Å². The van der Waals surface area contributed by atoms with E-state index in [9.17, 15) is 14.4 Å². The van der Waals surface area contributed by atoms with Crippen molar-refractivity contribution in [1.82, 2.24) is 15.5 Å². The number of aliphatic hydroxyl groups is 1. The molecule has 0 aromatic rings. The Morgan fingerprint density at radius 1 is 1.25 bits per heavy atom. The maximum Gasteiger partial charge on any atom is 0.245 e. The second-order valence-electron chi connectivity index (χ2n) is 8.45. The van der Waals surface area contributed by atoms with Crippen molar-refractivity contribution in [3.63, 3.8) is 0 Å². The minimum atomic E-state index is -0.946. The Kier molecular flexibility index (Phi) is 6.00. The van der Waals surface area contributed by atoms with Crippen LogP contribution in [0.1, 0.15) is 52.4 Å². The van der Waals surface area contributed by atoms with Gasteiger partial charge in [0.05, 0.1) is 17.4 Å². The van der Waals surface area contributed by atoms with E-state index in [4.69, 9.17) is 9.84 Å². The predicted molar refractivity (Wildman–Crippen MR) is 102 cm³/mol. The minimum Gasteiger partial charge on any atom is -0.396 e. The van der Waals surface area contributed by atoms with Crippen LogP contribution < -0.4 is 10.6 Å². The number of aliphatic hydroxyl groups excluding tert-OH is 1. The summed E-state index contributed by atoms with van der Waals surface area (Å²) in [6, 6.07) is -0.725. The van der Waals surface area contributed by atoms with Gasteiger partial charge in [-0.05, 0) is 39.0 Å². The Morgan fingerprint density at radius 3 is 2.64 bits per heavy atom. The van der Waals surface area contributed by atoms with Gasteiger partial charge in [0.1, 0.15) is 11.6 Å². The summed E-state index contributed by atoms with van der Waals surface area (Å²) in [6.07, 6.45) is 4.24. The monoisotopic (exact) mass is 395 g/mol. The van der Waals surface area contributed by atoms with Crippen LogP contribution in [0.5, 0.6) is 0 Å². The SMILES string of the molecule is CCCCNC(=O)C1N(CCCCO)C(=O)[C@@H]2[C@@H](C(=O)NC)[C@@]3(C)CCC12O3. The van der Waals surface area contributed by atoms with Crippen molar-refractivity contribution in [2.24, 2.45) is 11.8 Å². The molecule has 5 atom stereocenters. The molecule has 3 saturated heterocycles. The highest BCUT2D eigenvalue weighted by atomic mass is 16.5. The zero-order chi connectivity index (χ0) is 20.5. The van der Waals surface area contributed by atoms with Crippen molar-refractivity contribution >= 4 is 17.7 Å². The molecule has 0 aromatic heterocycles. The fourth-order valence-corrected chi connectivity index (χ4v) is 5.40. The van der Waals surface area contributed by atoms with Crippen molar-refractivity contribution in [3.05, 3.63) is 0 Å². The molecule has 0 aromatic carbocycles. The van der Waals surface area contributed by atoms with Crippen LogP contribution in [0.3, 0.4) is 0 Å². The zero-order valence-corrected chi connectivity index (χ0v) is 17.1. The molecule has 1 spiro atoms. The van der Waals surface area contributed by atoms with Crippen molar-refractivity contribution < 1.29 is 24.2 Å². The highest BCUT2D eigenvalue weighted by molar-refractivity contribution is 5.99. The number of likely N-dealkylation sites (tertiary alicyclic amines) is 1. The maximum atomic E-state index is 13.4. The lowest BCUT2D eigenvalue weighted by Gasteiger charge is -2.33. The summed E-state index contributed by atoms with van der Waals surface area (Å²) >= 11 is 0. The number of fused-ring (bicyclic) bond motifs is 1. The molecule has 0 radical (unpaired) electrons. The summed E-state index contributed by atoms with van der Waals surface area (Å²) in [6.45, 7) is 4.91. The number of carbonyl (C=O) groups is 3. The second-order valence-corrected chi connectivity index (χ2v) is 8.45. The average Bonchev–Trinajstić information content (AvgIpc) is 3.23. The van der Waals surface area contributed by atoms with Gasteiger partial charge in [0.15, 0.2) is 0 Å². The molecule has 158 valence electrons. The Bertz CT molecular complexity index is 641. The van der Waals surface area contributed by atoms with Gasteiger partial charge in [-0.3, -0.25) is 14.4 Å². The van der Waals surface area contributed by atoms with Crippen LogP contribution in [-0.4, -0.2) is 71.7 Å². The minimum absolute atomic E-state index is 0.0411. The molecule has 3 aliphatic heterocycles. The summed E-state index contributed by atoms with van der Waals surface area (Å²) in [5, 5.41) is 14.8. The number of nitrogens with one attached hydrogen (secondary N) is 2. The molecular formula is C20H33N3O5. The summed E-state index contributed by atoms with van der Waals surface area (Å²) in [5.41, 5.74) is -1.67. The first-order valence-electron chi connectivity index (χ1n) is 10.5. The third-order valence-electron chi connectivity index (χ3n) is 6.69. The number of carbonyl (C=O) groups excluding carboxylic acids is 3. The molecule has 3 aliphatic rings. The number of nitrogens with zero attached hydrogens (tertiary/aromatic N) is 1. The molecule has 3 amide bonds. The number of amides is 3. The van der Waals surface area contributed by atoms with Gasteiger partial charge in [0.2, 0.25) is 17.7 Å². The van der Waals surface area contributed by atoms with E-state index in [2.05, 4.69) is 17.6 Å². The first-order valence-corrected chi connectivity index (χ1v) is 10.5. The molecule has 8 heteroatoms. The van der Waals surface area contributed by atoms with Crippen LogP contribution in [0.4, 0.5) is 0 Å². The quantitative estimate of drug-likeness (QED) is 0.483. The Hall–Kier alpha value is -1.67. The normalized spacial score (nSPS) is 35.9. The summed E-state index contributed by atoms with van der Waals surface area (Å²) in [5.74, 6) is -1.81. The summed E-state index contributed by atoms with van der Waals surface area (Å²) in [7, 11) is 1.57. The third kappa shape index (κ3) is 3.10. The second kappa shape index (κ2) is 7.99. The molecule has 3 rings (SSSR count). The van der Waals surface area contributed by atoms with Gasteiger partial charge < -0.3 is 25.4 Å². The molecule has 3 fully saturated rings. The van der Waals surface area contributed by atoms with Gasteiger partial charge in [-0.15, -0.1) is 0 Å². The first-order chi connectivity index (χ1) is 13.4. The standard InChI is InChI=1S/C20H33N3O5/c1-4-5-10-22-17(26)15-20-9-8-19(2,28-20)13(16(25)21-3)14(20)18(27)23(15)11-6-7-12-24/h13-15,24H,4-12H2,1-3H3,(H,21,25)(H,22,26)/t13-,14-,15?,19+,20?/m0/s1. The molecule has 2 bridgehead atoms. The van der Waals surface area contributed by atoms with Crippen molar-refractivity contribution in [2.75, 3.05) is 26.7 Å². The lowest BCUT2D eigenvalue weighted by atomic mass is 9.66.